The van der Waals surface area contributed by atoms with Gasteiger partial charge in [0.2, 0.25) is 0 Å². The predicted molar refractivity (Wildman–Crippen MR) is 74.2 cm³/mol. The van der Waals surface area contributed by atoms with Crippen molar-refractivity contribution < 1.29 is 14.8 Å². The largest absolute Gasteiger partial charge is 0.477 e. The Labute approximate surface area is 118 Å². The van der Waals surface area contributed by atoms with Crippen LogP contribution in [0.25, 0.3) is 0 Å². The van der Waals surface area contributed by atoms with Gasteiger partial charge in [0, 0.05) is 22.8 Å². The minimum atomic E-state index is -1.33. The summed E-state index contributed by atoms with van der Waals surface area (Å²) in [6.45, 7) is 2.38. The molecule has 2 N–H and O–H groups in total. The van der Waals surface area contributed by atoms with Crippen LogP contribution < -0.4 is 5.32 Å². The van der Waals surface area contributed by atoms with E-state index in [1.54, 1.807) is 6.20 Å². The molecule has 0 radical (unpaired) electrons. The van der Waals surface area contributed by atoms with E-state index in [0.29, 0.717) is 12.2 Å². The Morgan fingerprint density at radius 3 is 2.85 bits per heavy atom. The molecular weight excluding hydrogens is 282 g/mol. The molecule has 1 heterocycles. The number of nitro groups is 1. The predicted octanol–water partition coefficient (Wildman–Crippen LogP) is 2.67. The van der Waals surface area contributed by atoms with Gasteiger partial charge in [0.15, 0.2) is 0 Å². The lowest BCUT2D eigenvalue weighted by Gasteiger charge is -2.05. The Morgan fingerprint density at radius 1 is 1.55 bits per heavy atom. The summed E-state index contributed by atoms with van der Waals surface area (Å²) in [6.07, 6.45) is 1.75. The number of hydrogen-bond donors (Lipinski definition) is 2. The number of carboxylic acid groups (broad SMARTS) is 1. The van der Waals surface area contributed by atoms with Crippen molar-refractivity contribution in [2.75, 3.05) is 5.32 Å². The number of aromatic carboxylic acids is 1. The number of nitro benzene ring substituents is 1. The van der Waals surface area contributed by atoms with E-state index in [9.17, 15) is 14.9 Å². The summed E-state index contributed by atoms with van der Waals surface area (Å²) in [7, 11) is 0. The first kappa shape index (κ1) is 13.9. The molecule has 0 saturated heterocycles. The molecule has 104 valence electrons. The number of aryl methyl sites for hydroxylation is 1. The topological polar surface area (TPSA) is 105 Å². The lowest BCUT2D eigenvalue weighted by Crippen LogP contribution is -2.05. The summed E-state index contributed by atoms with van der Waals surface area (Å²) >= 11 is 1.53. The maximum atomic E-state index is 11.0. The van der Waals surface area contributed by atoms with Gasteiger partial charge >= 0.3 is 5.97 Å². The molecule has 2 rings (SSSR count). The number of hydrogen-bond acceptors (Lipinski definition) is 6. The summed E-state index contributed by atoms with van der Waals surface area (Å²) in [4.78, 5) is 26.3. The van der Waals surface area contributed by atoms with Crippen molar-refractivity contribution in [3.63, 3.8) is 0 Å². The van der Waals surface area contributed by atoms with Gasteiger partial charge in [-0.1, -0.05) is 0 Å². The number of carboxylic acids is 1. The second-order valence-corrected chi connectivity index (χ2v) is 5.33. The van der Waals surface area contributed by atoms with Gasteiger partial charge in [-0.3, -0.25) is 10.1 Å². The van der Waals surface area contributed by atoms with Crippen LogP contribution >= 0.6 is 11.3 Å². The highest BCUT2D eigenvalue weighted by atomic mass is 32.1. The van der Waals surface area contributed by atoms with E-state index in [1.165, 1.54) is 29.5 Å². The summed E-state index contributed by atoms with van der Waals surface area (Å²) in [5, 5.41) is 23.6. The van der Waals surface area contributed by atoms with Crippen LogP contribution in [-0.2, 0) is 6.54 Å². The monoisotopic (exact) mass is 293 g/mol. The SMILES string of the molecule is Cc1cnc(CNc2ccc([N+](=O)[O-])c(C(=O)O)c2)s1. The normalized spacial score (nSPS) is 10.2. The van der Waals surface area contributed by atoms with Crippen molar-refractivity contribution in [1.29, 1.82) is 0 Å². The first-order valence-electron chi connectivity index (χ1n) is 5.64. The summed E-state index contributed by atoms with van der Waals surface area (Å²) < 4.78 is 0. The first-order chi connectivity index (χ1) is 9.47. The molecule has 0 spiro atoms. The van der Waals surface area contributed by atoms with E-state index in [1.807, 2.05) is 6.92 Å². The molecule has 0 aliphatic heterocycles. The van der Waals surface area contributed by atoms with E-state index >= 15 is 0 Å². The van der Waals surface area contributed by atoms with Crippen LogP contribution in [0, 0.1) is 17.0 Å². The number of anilines is 1. The Morgan fingerprint density at radius 2 is 2.30 bits per heavy atom. The number of nitrogens with one attached hydrogen (secondary N) is 1. The Balaban J connectivity index is 2.18. The fraction of sp³-hybridized carbons (Fsp3) is 0.167. The van der Waals surface area contributed by atoms with Crippen LogP contribution in [0.15, 0.2) is 24.4 Å². The highest BCUT2D eigenvalue weighted by Gasteiger charge is 2.19. The molecule has 0 amide bonds. The van der Waals surface area contributed by atoms with Crippen molar-refractivity contribution in [3.8, 4) is 0 Å². The number of benzene rings is 1. The molecule has 0 atom stereocenters. The minimum absolute atomic E-state index is 0.338. The zero-order valence-electron chi connectivity index (χ0n) is 10.5. The summed E-state index contributed by atoms with van der Waals surface area (Å²) in [5.74, 6) is -1.33. The lowest BCUT2D eigenvalue weighted by molar-refractivity contribution is -0.385. The fourth-order valence-electron chi connectivity index (χ4n) is 1.64. The maximum absolute atomic E-state index is 11.0. The van der Waals surface area contributed by atoms with Crippen molar-refractivity contribution in [2.45, 2.75) is 13.5 Å². The summed E-state index contributed by atoms with van der Waals surface area (Å²) in [5.41, 5.74) is -0.260. The molecule has 8 heteroatoms. The van der Waals surface area contributed by atoms with Gasteiger partial charge in [0.1, 0.15) is 10.6 Å². The standard InChI is InChI=1S/C12H11N3O4S/c1-7-5-14-11(20-7)6-13-8-2-3-10(15(18)19)9(4-8)12(16)17/h2-5,13H,6H2,1H3,(H,16,17). The van der Waals surface area contributed by atoms with Crippen LogP contribution in [-0.4, -0.2) is 21.0 Å². The van der Waals surface area contributed by atoms with Gasteiger partial charge in [-0.15, -0.1) is 11.3 Å². The molecule has 0 fully saturated rings. The third-order valence-corrected chi connectivity index (χ3v) is 3.45. The average molecular weight is 293 g/mol. The van der Waals surface area contributed by atoms with Crippen molar-refractivity contribution >= 4 is 28.7 Å². The second-order valence-electron chi connectivity index (χ2n) is 4.01. The number of thiazole rings is 1. The van der Waals surface area contributed by atoms with E-state index in [4.69, 9.17) is 5.11 Å². The minimum Gasteiger partial charge on any atom is -0.477 e. The van der Waals surface area contributed by atoms with Crippen LogP contribution in [0.1, 0.15) is 20.2 Å². The number of nitrogens with zero attached hydrogens (tertiary/aromatic N) is 2. The molecule has 0 bridgehead atoms. The maximum Gasteiger partial charge on any atom is 0.342 e. The zero-order valence-corrected chi connectivity index (χ0v) is 11.3. The van der Waals surface area contributed by atoms with E-state index in [0.717, 1.165) is 9.88 Å². The highest BCUT2D eigenvalue weighted by molar-refractivity contribution is 7.11. The molecule has 2 aromatic rings. The Kier molecular flexibility index (Phi) is 3.94. The van der Waals surface area contributed by atoms with E-state index < -0.39 is 16.6 Å². The van der Waals surface area contributed by atoms with Crippen molar-refractivity contribution in [3.05, 3.63) is 50.0 Å². The molecule has 20 heavy (non-hydrogen) atoms. The third kappa shape index (κ3) is 3.09. The fourth-order valence-corrected chi connectivity index (χ4v) is 2.36. The van der Waals surface area contributed by atoms with Crippen LogP contribution in [0.5, 0.6) is 0 Å². The van der Waals surface area contributed by atoms with Gasteiger partial charge in [0.25, 0.3) is 5.69 Å². The number of carbonyl (C=O) groups is 1. The van der Waals surface area contributed by atoms with E-state index in [2.05, 4.69) is 10.3 Å². The Hall–Kier alpha value is -2.48. The molecule has 1 aromatic carbocycles. The highest BCUT2D eigenvalue weighted by Crippen LogP contribution is 2.23. The first-order valence-corrected chi connectivity index (χ1v) is 6.46. The van der Waals surface area contributed by atoms with Crippen molar-refractivity contribution in [2.24, 2.45) is 0 Å². The lowest BCUT2D eigenvalue weighted by atomic mass is 10.1. The average Bonchev–Trinajstić information content (AvgIpc) is 2.81. The van der Waals surface area contributed by atoms with Gasteiger partial charge in [-0.2, -0.15) is 0 Å². The van der Waals surface area contributed by atoms with E-state index in [-0.39, 0.29) is 5.56 Å². The number of aromatic nitrogens is 1. The van der Waals surface area contributed by atoms with Crippen molar-refractivity contribution in [1.82, 2.24) is 4.98 Å². The Bertz CT molecular complexity index is 668. The molecule has 0 aliphatic rings. The van der Waals surface area contributed by atoms with Gasteiger partial charge in [-0.25, -0.2) is 9.78 Å². The smallest absolute Gasteiger partial charge is 0.342 e. The van der Waals surface area contributed by atoms with Gasteiger partial charge < -0.3 is 10.4 Å². The van der Waals surface area contributed by atoms with Gasteiger partial charge in [-0.05, 0) is 19.1 Å². The molecule has 0 unspecified atom stereocenters. The van der Waals surface area contributed by atoms with Crippen LogP contribution in [0.4, 0.5) is 11.4 Å². The third-order valence-electron chi connectivity index (χ3n) is 2.54. The number of rotatable bonds is 5. The molecule has 0 saturated carbocycles. The zero-order chi connectivity index (χ0) is 14.7. The van der Waals surface area contributed by atoms with Crippen LogP contribution in [0.3, 0.4) is 0 Å². The van der Waals surface area contributed by atoms with Gasteiger partial charge in [0.05, 0.1) is 11.5 Å². The molecule has 1 aromatic heterocycles. The summed E-state index contributed by atoms with van der Waals surface area (Å²) in [6, 6.07) is 3.91. The molecular formula is C12H11N3O4S. The second kappa shape index (κ2) is 5.66. The molecule has 0 aliphatic carbocycles. The van der Waals surface area contributed by atoms with Crippen LogP contribution in [0.2, 0.25) is 0 Å². The quantitative estimate of drug-likeness (QED) is 0.648. The molecule has 7 nitrogen and oxygen atoms in total.